The number of nitrogens with one attached hydrogen (secondary N) is 1. The van der Waals surface area contributed by atoms with Crippen LogP contribution in [-0.4, -0.2) is 31.6 Å². The molecule has 90 valence electrons. The lowest BCUT2D eigenvalue weighted by Crippen LogP contribution is -2.31. The number of nitrogens with two attached hydrogens (primary N) is 1. The van der Waals surface area contributed by atoms with E-state index >= 15 is 0 Å². The zero-order chi connectivity index (χ0) is 12.3. The monoisotopic (exact) mass is 285 g/mol. The Morgan fingerprint density at radius 2 is 2.06 bits per heavy atom. The maximum atomic E-state index is 5.83. The van der Waals surface area contributed by atoms with Crippen LogP contribution < -0.4 is 11.1 Å². The molecular formula is C12H20BrN3. The normalized spacial score (nSPS) is 12.9. The number of hydrogen-bond donors (Lipinski definition) is 2. The fourth-order valence-corrected chi connectivity index (χ4v) is 1.77. The third-order valence-corrected chi connectivity index (χ3v) is 3.48. The van der Waals surface area contributed by atoms with Crippen molar-refractivity contribution in [1.29, 1.82) is 0 Å². The fraction of sp³-hybridized carbons (Fsp3) is 0.500. The molecule has 0 amide bonds. The number of rotatable bonds is 4. The second-order valence-corrected chi connectivity index (χ2v) is 5.24. The van der Waals surface area contributed by atoms with Crippen molar-refractivity contribution in [3.63, 3.8) is 0 Å². The molecule has 1 rings (SSSR count). The molecule has 1 atom stereocenters. The van der Waals surface area contributed by atoms with Gasteiger partial charge in [0.2, 0.25) is 0 Å². The summed E-state index contributed by atoms with van der Waals surface area (Å²) in [7, 11) is 4.16. The second-order valence-electron chi connectivity index (χ2n) is 4.38. The van der Waals surface area contributed by atoms with Crippen molar-refractivity contribution in [2.45, 2.75) is 19.9 Å². The first-order valence-corrected chi connectivity index (χ1v) is 6.17. The van der Waals surface area contributed by atoms with Gasteiger partial charge >= 0.3 is 0 Å². The highest BCUT2D eigenvalue weighted by Gasteiger charge is 2.07. The minimum Gasteiger partial charge on any atom is -0.398 e. The summed E-state index contributed by atoms with van der Waals surface area (Å²) in [6, 6.07) is 4.50. The van der Waals surface area contributed by atoms with Crippen LogP contribution in [0.2, 0.25) is 0 Å². The summed E-state index contributed by atoms with van der Waals surface area (Å²) in [6.07, 6.45) is 0. The van der Waals surface area contributed by atoms with Gasteiger partial charge in [0.15, 0.2) is 0 Å². The molecule has 1 aromatic rings. The third-order valence-electron chi connectivity index (χ3n) is 2.83. The van der Waals surface area contributed by atoms with Crippen molar-refractivity contribution >= 4 is 27.3 Å². The maximum Gasteiger partial charge on any atom is 0.0489 e. The molecule has 0 aliphatic rings. The summed E-state index contributed by atoms with van der Waals surface area (Å²) < 4.78 is 1.02. The molecule has 16 heavy (non-hydrogen) atoms. The fourth-order valence-electron chi connectivity index (χ4n) is 1.27. The lowest BCUT2D eigenvalue weighted by Gasteiger charge is -2.21. The van der Waals surface area contributed by atoms with Crippen LogP contribution in [0.4, 0.5) is 11.4 Å². The summed E-state index contributed by atoms with van der Waals surface area (Å²) in [6.45, 7) is 5.11. The zero-order valence-electron chi connectivity index (χ0n) is 10.3. The van der Waals surface area contributed by atoms with Crippen LogP contribution >= 0.6 is 15.9 Å². The van der Waals surface area contributed by atoms with Crippen LogP contribution in [0.5, 0.6) is 0 Å². The molecule has 0 saturated heterocycles. The molecule has 0 fully saturated rings. The van der Waals surface area contributed by atoms with E-state index in [0.717, 1.165) is 28.0 Å². The highest BCUT2D eigenvalue weighted by molar-refractivity contribution is 9.10. The maximum absolute atomic E-state index is 5.83. The Kier molecular flexibility index (Phi) is 4.62. The van der Waals surface area contributed by atoms with E-state index in [1.165, 1.54) is 0 Å². The van der Waals surface area contributed by atoms with E-state index in [-0.39, 0.29) is 0 Å². The summed E-state index contributed by atoms with van der Waals surface area (Å²) in [4.78, 5) is 2.19. The highest BCUT2D eigenvalue weighted by Crippen LogP contribution is 2.27. The quantitative estimate of drug-likeness (QED) is 0.836. The van der Waals surface area contributed by atoms with Gasteiger partial charge in [-0.3, -0.25) is 0 Å². The minimum absolute atomic E-state index is 0.491. The number of halogens is 1. The van der Waals surface area contributed by atoms with Gasteiger partial charge < -0.3 is 16.0 Å². The van der Waals surface area contributed by atoms with E-state index in [1.54, 1.807) is 0 Å². The van der Waals surface area contributed by atoms with E-state index in [2.05, 4.69) is 53.2 Å². The largest absolute Gasteiger partial charge is 0.398 e. The lowest BCUT2D eigenvalue weighted by molar-refractivity contribution is 0.326. The van der Waals surface area contributed by atoms with Crippen molar-refractivity contribution in [1.82, 2.24) is 4.90 Å². The summed E-state index contributed by atoms with van der Waals surface area (Å²) in [5, 5.41) is 3.42. The molecule has 3 nitrogen and oxygen atoms in total. The molecule has 0 aromatic heterocycles. The van der Waals surface area contributed by atoms with E-state index in [9.17, 15) is 0 Å². The van der Waals surface area contributed by atoms with Gasteiger partial charge in [0.25, 0.3) is 0 Å². The van der Waals surface area contributed by atoms with Crippen molar-refractivity contribution < 1.29 is 0 Å². The molecule has 0 heterocycles. The first kappa shape index (κ1) is 13.3. The summed E-state index contributed by atoms with van der Waals surface area (Å²) in [5.74, 6) is 0. The van der Waals surface area contributed by atoms with Gasteiger partial charge in [-0.25, -0.2) is 0 Å². The number of nitrogens with zero attached hydrogens (tertiary/aromatic N) is 1. The molecule has 0 saturated carbocycles. The molecule has 0 aliphatic carbocycles. The van der Waals surface area contributed by atoms with Gasteiger partial charge in [-0.1, -0.05) is 0 Å². The van der Waals surface area contributed by atoms with Crippen molar-refractivity contribution in [3.8, 4) is 0 Å². The van der Waals surface area contributed by atoms with Crippen molar-refractivity contribution in [2.24, 2.45) is 0 Å². The van der Waals surface area contributed by atoms with Gasteiger partial charge in [0.05, 0.1) is 0 Å². The first-order valence-electron chi connectivity index (χ1n) is 5.37. The first-order chi connectivity index (χ1) is 7.41. The van der Waals surface area contributed by atoms with Crippen LogP contribution in [0.25, 0.3) is 0 Å². The molecule has 1 aromatic carbocycles. The van der Waals surface area contributed by atoms with Crippen LogP contribution in [0.1, 0.15) is 12.5 Å². The Morgan fingerprint density at radius 3 is 2.62 bits per heavy atom. The van der Waals surface area contributed by atoms with Gasteiger partial charge in [0.1, 0.15) is 0 Å². The molecule has 3 N–H and O–H groups in total. The SMILES string of the molecule is Cc1cc(NCC(C)N(C)C)c(Br)cc1N. The molecule has 0 aliphatic heterocycles. The number of benzene rings is 1. The van der Waals surface area contributed by atoms with Crippen LogP contribution in [-0.2, 0) is 0 Å². The Morgan fingerprint density at radius 1 is 1.44 bits per heavy atom. The summed E-state index contributed by atoms with van der Waals surface area (Å²) >= 11 is 3.51. The van der Waals surface area contributed by atoms with Crippen LogP contribution in [0.15, 0.2) is 16.6 Å². The summed E-state index contributed by atoms with van der Waals surface area (Å²) in [5.41, 5.74) is 8.84. The second kappa shape index (κ2) is 5.55. The molecule has 0 bridgehead atoms. The van der Waals surface area contributed by atoms with E-state index < -0.39 is 0 Å². The smallest absolute Gasteiger partial charge is 0.0489 e. The molecular weight excluding hydrogens is 266 g/mol. The van der Waals surface area contributed by atoms with Crippen LogP contribution in [0.3, 0.4) is 0 Å². The van der Waals surface area contributed by atoms with Gasteiger partial charge in [0, 0.05) is 28.4 Å². The van der Waals surface area contributed by atoms with Crippen LogP contribution in [0, 0.1) is 6.92 Å². The molecule has 0 spiro atoms. The number of anilines is 2. The van der Waals surface area contributed by atoms with E-state index in [4.69, 9.17) is 5.73 Å². The average molecular weight is 286 g/mol. The topological polar surface area (TPSA) is 41.3 Å². The van der Waals surface area contributed by atoms with Gasteiger partial charge in [-0.15, -0.1) is 0 Å². The Balaban J connectivity index is 2.71. The van der Waals surface area contributed by atoms with Crippen molar-refractivity contribution in [3.05, 3.63) is 22.2 Å². The number of hydrogen-bond acceptors (Lipinski definition) is 3. The molecule has 1 unspecified atom stereocenters. The van der Waals surface area contributed by atoms with E-state index in [0.29, 0.717) is 6.04 Å². The Bertz CT molecular complexity index is 364. The third kappa shape index (κ3) is 3.39. The lowest BCUT2D eigenvalue weighted by atomic mass is 10.2. The standard InChI is InChI=1S/C12H20BrN3/c1-8-5-12(10(13)6-11(8)14)15-7-9(2)16(3)4/h5-6,9,15H,7,14H2,1-4H3. The predicted octanol–water partition coefficient (Wildman–Crippen LogP) is 2.70. The number of likely N-dealkylation sites (N-methyl/N-ethyl adjacent to an activating group) is 1. The Hall–Kier alpha value is -0.740. The van der Waals surface area contributed by atoms with E-state index in [1.807, 2.05) is 13.0 Å². The molecule has 4 heteroatoms. The molecule has 0 radical (unpaired) electrons. The predicted molar refractivity (Wildman–Crippen MR) is 74.9 cm³/mol. The zero-order valence-corrected chi connectivity index (χ0v) is 11.9. The van der Waals surface area contributed by atoms with Gasteiger partial charge in [-0.2, -0.15) is 0 Å². The number of aryl methyl sites for hydroxylation is 1. The number of nitrogen functional groups attached to an aromatic ring is 1. The van der Waals surface area contributed by atoms with Crippen molar-refractivity contribution in [2.75, 3.05) is 31.7 Å². The highest BCUT2D eigenvalue weighted by atomic mass is 79.9. The minimum atomic E-state index is 0.491. The van der Waals surface area contributed by atoms with Gasteiger partial charge in [-0.05, 0) is 61.6 Å². The average Bonchev–Trinajstić information content (AvgIpc) is 2.20. The Labute approximate surface area is 106 Å².